The minimum Gasteiger partial charge on any atom is -0.497 e. The van der Waals surface area contributed by atoms with Crippen molar-refractivity contribution in [3.8, 4) is 11.5 Å². The molecule has 0 fully saturated rings. The summed E-state index contributed by atoms with van der Waals surface area (Å²) in [6.45, 7) is 2.31. The number of fused-ring (bicyclic) bond motifs is 1. The number of hydrogen-bond donors (Lipinski definition) is 1. The summed E-state index contributed by atoms with van der Waals surface area (Å²) in [6.07, 6.45) is 2.22. The third-order valence-electron chi connectivity index (χ3n) is 4.47. The highest BCUT2D eigenvalue weighted by molar-refractivity contribution is 5.76. The van der Waals surface area contributed by atoms with Crippen LogP contribution in [0.2, 0.25) is 0 Å². The first-order valence-electron chi connectivity index (χ1n) is 8.30. The molecule has 0 spiro atoms. The normalized spacial score (nSPS) is 17.0. The summed E-state index contributed by atoms with van der Waals surface area (Å²) in [5, 5.41) is 7.09. The van der Waals surface area contributed by atoms with Gasteiger partial charge >= 0.3 is 0 Å². The van der Waals surface area contributed by atoms with E-state index >= 15 is 0 Å². The van der Waals surface area contributed by atoms with E-state index in [1.54, 1.807) is 27.5 Å². The van der Waals surface area contributed by atoms with Crippen molar-refractivity contribution >= 4 is 5.91 Å². The number of carbonyl (C=O) groups excluding carboxylic acids is 1. The summed E-state index contributed by atoms with van der Waals surface area (Å²) in [4.78, 5) is 14.2. The average molecular weight is 344 g/mol. The smallest absolute Gasteiger partial charge is 0.221 e. The summed E-state index contributed by atoms with van der Waals surface area (Å²) in [5.41, 5.74) is 2.23. The number of amides is 1. The van der Waals surface area contributed by atoms with Crippen LogP contribution in [0.15, 0.2) is 30.5 Å². The molecule has 1 N–H and O–H groups in total. The van der Waals surface area contributed by atoms with Crippen LogP contribution < -0.4 is 14.8 Å². The molecule has 1 aliphatic heterocycles. The van der Waals surface area contributed by atoms with Gasteiger partial charge in [0.25, 0.3) is 0 Å². The van der Waals surface area contributed by atoms with E-state index in [1.807, 2.05) is 28.9 Å². The number of nitrogens with zero attached hydrogens (tertiary/aromatic N) is 3. The molecule has 1 aromatic carbocycles. The third kappa shape index (κ3) is 3.93. The van der Waals surface area contributed by atoms with Crippen LogP contribution in [0.3, 0.4) is 0 Å². The van der Waals surface area contributed by atoms with E-state index < -0.39 is 0 Å². The summed E-state index contributed by atoms with van der Waals surface area (Å²) in [7, 11) is 4.96. The maximum Gasteiger partial charge on any atom is 0.221 e. The van der Waals surface area contributed by atoms with Gasteiger partial charge in [0.05, 0.1) is 32.4 Å². The number of aromatic nitrogens is 2. The predicted molar refractivity (Wildman–Crippen MR) is 93.6 cm³/mol. The van der Waals surface area contributed by atoms with Crippen molar-refractivity contribution in [3.05, 3.63) is 41.7 Å². The van der Waals surface area contributed by atoms with Gasteiger partial charge in [0.2, 0.25) is 5.91 Å². The van der Waals surface area contributed by atoms with Crippen molar-refractivity contribution in [3.63, 3.8) is 0 Å². The molecule has 0 saturated heterocycles. The predicted octanol–water partition coefficient (Wildman–Crippen LogP) is 1.59. The zero-order valence-electron chi connectivity index (χ0n) is 14.9. The van der Waals surface area contributed by atoms with E-state index in [0.717, 1.165) is 42.4 Å². The Morgan fingerprint density at radius 3 is 2.64 bits per heavy atom. The molecule has 7 heteroatoms. The number of ether oxygens (including phenoxy) is 2. The van der Waals surface area contributed by atoms with E-state index in [2.05, 4.69) is 15.3 Å². The van der Waals surface area contributed by atoms with Crippen molar-refractivity contribution < 1.29 is 14.3 Å². The number of hydrogen-bond acceptors (Lipinski definition) is 5. The summed E-state index contributed by atoms with van der Waals surface area (Å²) < 4.78 is 12.7. The largest absolute Gasteiger partial charge is 0.497 e. The molecule has 2 aromatic rings. The van der Waals surface area contributed by atoms with Crippen LogP contribution in [0.5, 0.6) is 11.5 Å². The molecule has 1 aliphatic rings. The summed E-state index contributed by atoms with van der Waals surface area (Å²) in [6, 6.07) is 7.94. The minimum atomic E-state index is 0.0244. The first-order chi connectivity index (χ1) is 12.1. The van der Waals surface area contributed by atoms with Crippen LogP contribution in [0.1, 0.15) is 23.7 Å². The molecule has 1 amide bonds. The van der Waals surface area contributed by atoms with Gasteiger partial charge in [-0.2, -0.15) is 5.10 Å². The van der Waals surface area contributed by atoms with Crippen molar-refractivity contribution in [2.24, 2.45) is 0 Å². The van der Waals surface area contributed by atoms with Crippen molar-refractivity contribution in [1.29, 1.82) is 0 Å². The zero-order valence-corrected chi connectivity index (χ0v) is 14.9. The Balaban J connectivity index is 1.79. The second kappa shape index (κ2) is 7.57. The molecule has 0 radical (unpaired) electrons. The molecule has 0 aliphatic carbocycles. The number of benzene rings is 1. The Hall–Kier alpha value is -2.54. The second-order valence-corrected chi connectivity index (χ2v) is 6.19. The van der Waals surface area contributed by atoms with Gasteiger partial charge in [0, 0.05) is 38.9 Å². The molecule has 25 heavy (non-hydrogen) atoms. The van der Waals surface area contributed by atoms with Gasteiger partial charge in [0.15, 0.2) is 0 Å². The number of rotatable bonds is 6. The lowest BCUT2D eigenvalue weighted by Crippen LogP contribution is -2.39. The standard InChI is InChI=1S/C18H24N4O3/c1-19-18(23)8-15-12-21(11-14-4-5-20-22(14)15)10-13-6-16(24-2)9-17(7-13)25-3/h4-7,9,15H,8,10-12H2,1-3H3,(H,19,23)/t15-/m0/s1. The molecule has 0 unspecified atom stereocenters. The molecule has 1 atom stereocenters. The topological polar surface area (TPSA) is 68.6 Å². The zero-order chi connectivity index (χ0) is 17.8. The third-order valence-corrected chi connectivity index (χ3v) is 4.47. The fraction of sp³-hybridized carbons (Fsp3) is 0.444. The fourth-order valence-corrected chi connectivity index (χ4v) is 3.27. The molecule has 3 rings (SSSR count). The first kappa shape index (κ1) is 17.3. The van der Waals surface area contributed by atoms with E-state index in [1.165, 1.54) is 0 Å². The second-order valence-electron chi connectivity index (χ2n) is 6.19. The van der Waals surface area contributed by atoms with E-state index in [-0.39, 0.29) is 11.9 Å². The highest BCUT2D eigenvalue weighted by atomic mass is 16.5. The maximum absolute atomic E-state index is 11.8. The SMILES string of the molecule is CNC(=O)C[C@H]1CN(Cc2cc(OC)cc(OC)c2)Cc2ccnn21. The van der Waals surface area contributed by atoms with Crippen LogP contribution in [0, 0.1) is 0 Å². The lowest BCUT2D eigenvalue weighted by molar-refractivity contribution is -0.121. The van der Waals surface area contributed by atoms with Crippen LogP contribution in [0.25, 0.3) is 0 Å². The average Bonchev–Trinajstić information content (AvgIpc) is 3.10. The van der Waals surface area contributed by atoms with Crippen molar-refractivity contribution in [1.82, 2.24) is 20.0 Å². The lowest BCUT2D eigenvalue weighted by atomic mass is 10.1. The number of methoxy groups -OCH3 is 2. The van der Waals surface area contributed by atoms with E-state index in [4.69, 9.17) is 9.47 Å². The molecular weight excluding hydrogens is 320 g/mol. The van der Waals surface area contributed by atoms with Crippen LogP contribution in [0.4, 0.5) is 0 Å². The van der Waals surface area contributed by atoms with Crippen molar-refractivity contribution in [2.75, 3.05) is 27.8 Å². The molecule has 0 saturated carbocycles. The Morgan fingerprint density at radius 1 is 1.28 bits per heavy atom. The quantitative estimate of drug-likeness (QED) is 0.862. The van der Waals surface area contributed by atoms with Crippen molar-refractivity contribution in [2.45, 2.75) is 25.6 Å². The Labute approximate surface area is 147 Å². The fourth-order valence-electron chi connectivity index (χ4n) is 3.27. The molecular formula is C18H24N4O3. The monoisotopic (exact) mass is 344 g/mol. The molecule has 1 aromatic heterocycles. The Bertz CT molecular complexity index is 721. The molecule has 2 heterocycles. The highest BCUT2D eigenvalue weighted by Crippen LogP contribution is 2.27. The lowest BCUT2D eigenvalue weighted by Gasteiger charge is -2.33. The number of carbonyl (C=O) groups is 1. The number of nitrogens with one attached hydrogen (secondary N) is 1. The Morgan fingerprint density at radius 2 is 2.00 bits per heavy atom. The minimum absolute atomic E-state index is 0.0244. The molecule has 134 valence electrons. The van der Waals surface area contributed by atoms with Gasteiger partial charge in [-0.25, -0.2) is 0 Å². The first-order valence-corrected chi connectivity index (χ1v) is 8.30. The summed E-state index contributed by atoms with van der Waals surface area (Å²) >= 11 is 0. The van der Waals surface area contributed by atoms with Gasteiger partial charge in [-0.15, -0.1) is 0 Å². The van der Waals surface area contributed by atoms with Crippen LogP contribution in [-0.4, -0.2) is 48.4 Å². The summed E-state index contributed by atoms with van der Waals surface area (Å²) in [5.74, 6) is 1.58. The van der Waals surface area contributed by atoms with Gasteiger partial charge in [-0.05, 0) is 23.8 Å². The molecule has 0 bridgehead atoms. The van der Waals surface area contributed by atoms with Gasteiger partial charge in [-0.1, -0.05) is 0 Å². The van der Waals surface area contributed by atoms with E-state index in [9.17, 15) is 4.79 Å². The van der Waals surface area contributed by atoms with Gasteiger partial charge in [0.1, 0.15) is 11.5 Å². The highest BCUT2D eigenvalue weighted by Gasteiger charge is 2.27. The van der Waals surface area contributed by atoms with Crippen LogP contribution in [-0.2, 0) is 17.9 Å². The van der Waals surface area contributed by atoms with E-state index in [0.29, 0.717) is 6.42 Å². The maximum atomic E-state index is 11.8. The van der Waals surface area contributed by atoms with Gasteiger partial charge in [-0.3, -0.25) is 14.4 Å². The Kier molecular flexibility index (Phi) is 5.23. The molecule has 7 nitrogen and oxygen atoms in total. The van der Waals surface area contributed by atoms with Crippen LogP contribution >= 0.6 is 0 Å². The van der Waals surface area contributed by atoms with Gasteiger partial charge < -0.3 is 14.8 Å².